The van der Waals surface area contributed by atoms with Gasteiger partial charge < -0.3 is 5.73 Å². The number of amidine groups is 1. The topological polar surface area (TPSA) is 38.4 Å². The molecule has 0 aliphatic heterocycles. The van der Waals surface area contributed by atoms with Gasteiger partial charge in [0.25, 0.3) is 0 Å². The van der Waals surface area contributed by atoms with Crippen molar-refractivity contribution >= 4 is 5.84 Å². The minimum absolute atomic E-state index is 0.567. The number of rotatable bonds is 5. The third-order valence-electron chi connectivity index (χ3n) is 3.22. The van der Waals surface area contributed by atoms with Crippen LogP contribution in [0.4, 0.5) is 0 Å². The highest BCUT2D eigenvalue weighted by atomic mass is 14.9. The molecule has 1 unspecified atom stereocenters. The van der Waals surface area contributed by atoms with E-state index in [2.05, 4.69) is 42.2 Å². The van der Waals surface area contributed by atoms with Gasteiger partial charge in [-0.2, -0.15) is 0 Å². The predicted molar refractivity (Wildman–Crippen MR) is 68.7 cm³/mol. The zero-order valence-electron chi connectivity index (χ0n) is 9.89. The minimum atomic E-state index is 0.567. The number of hydrogen-bond donors (Lipinski definition) is 1. The largest absolute Gasteiger partial charge is 0.387 e. The smallest absolute Gasteiger partial charge is 0.0968 e. The molecule has 0 radical (unpaired) electrons. The van der Waals surface area contributed by atoms with Crippen molar-refractivity contribution < 1.29 is 0 Å². The van der Waals surface area contributed by atoms with Crippen LogP contribution in [0.1, 0.15) is 37.7 Å². The first kappa shape index (κ1) is 11.2. The molecule has 2 N–H and O–H groups in total. The maximum absolute atomic E-state index is 5.85. The lowest BCUT2D eigenvalue weighted by Gasteiger charge is -2.10. The molecular formula is C14H20N2. The summed E-state index contributed by atoms with van der Waals surface area (Å²) in [4.78, 5) is 4.45. The van der Waals surface area contributed by atoms with Gasteiger partial charge in [-0.15, -0.1) is 0 Å². The number of aliphatic imine (C=N–C) groups is 1. The van der Waals surface area contributed by atoms with E-state index in [1.165, 1.54) is 18.4 Å². The Morgan fingerprint density at radius 2 is 2.06 bits per heavy atom. The second-order valence-corrected chi connectivity index (χ2v) is 4.68. The lowest BCUT2D eigenvalue weighted by molar-refractivity contribution is 0.689. The van der Waals surface area contributed by atoms with Crippen LogP contribution in [0.15, 0.2) is 35.3 Å². The molecule has 0 amide bonds. The Bertz CT molecular complexity index is 352. The van der Waals surface area contributed by atoms with Crippen LogP contribution in [0.2, 0.25) is 0 Å². The first-order valence-corrected chi connectivity index (χ1v) is 6.12. The van der Waals surface area contributed by atoms with Crippen LogP contribution in [0, 0.1) is 5.92 Å². The summed E-state index contributed by atoms with van der Waals surface area (Å²) in [5.41, 5.74) is 7.25. The molecule has 0 spiro atoms. The van der Waals surface area contributed by atoms with Gasteiger partial charge in [0.2, 0.25) is 0 Å². The molecule has 2 heteroatoms. The van der Waals surface area contributed by atoms with Crippen molar-refractivity contribution in [2.75, 3.05) is 6.54 Å². The van der Waals surface area contributed by atoms with E-state index in [-0.39, 0.29) is 0 Å². The molecule has 1 aliphatic rings. The summed E-state index contributed by atoms with van der Waals surface area (Å²) >= 11 is 0. The highest BCUT2D eigenvalue weighted by molar-refractivity contribution is 5.84. The van der Waals surface area contributed by atoms with Crippen molar-refractivity contribution in [2.24, 2.45) is 16.6 Å². The van der Waals surface area contributed by atoms with Crippen molar-refractivity contribution in [1.29, 1.82) is 0 Å². The van der Waals surface area contributed by atoms with Crippen LogP contribution in [0.5, 0.6) is 0 Å². The van der Waals surface area contributed by atoms with Gasteiger partial charge in [0.05, 0.1) is 5.84 Å². The lowest BCUT2D eigenvalue weighted by Crippen LogP contribution is -2.14. The molecule has 1 aromatic carbocycles. The van der Waals surface area contributed by atoms with E-state index >= 15 is 0 Å². The molecule has 0 bridgehead atoms. The van der Waals surface area contributed by atoms with E-state index in [9.17, 15) is 0 Å². The van der Waals surface area contributed by atoms with Gasteiger partial charge in [-0.3, -0.25) is 4.99 Å². The van der Waals surface area contributed by atoms with Crippen molar-refractivity contribution in [1.82, 2.24) is 0 Å². The summed E-state index contributed by atoms with van der Waals surface area (Å²) in [6, 6.07) is 10.6. The molecule has 16 heavy (non-hydrogen) atoms. The highest BCUT2D eigenvalue weighted by Crippen LogP contribution is 2.29. The number of hydrogen-bond acceptors (Lipinski definition) is 1. The Balaban J connectivity index is 1.79. The van der Waals surface area contributed by atoms with Crippen molar-refractivity contribution in [3.63, 3.8) is 0 Å². The third-order valence-corrected chi connectivity index (χ3v) is 3.22. The van der Waals surface area contributed by atoms with Gasteiger partial charge in [0.1, 0.15) is 0 Å². The normalized spacial score (nSPS) is 18.4. The zero-order chi connectivity index (χ0) is 11.4. The molecule has 1 saturated carbocycles. The van der Waals surface area contributed by atoms with Crippen LogP contribution < -0.4 is 5.73 Å². The fourth-order valence-electron chi connectivity index (χ4n) is 1.84. The molecular weight excluding hydrogens is 196 g/mol. The monoisotopic (exact) mass is 216 g/mol. The number of nitrogens with two attached hydrogens (primary N) is 1. The van der Waals surface area contributed by atoms with Crippen LogP contribution >= 0.6 is 0 Å². The molecule has 2 nitrogen and oxygen atoms in total. The van der Waals surface area contributed by atoms with Crippen molar-refractivity contribution in [2.45, 2.75) is 32.1 Å². The van der Waals surface area contributed by atoms with Crippen LogP contribution in [-0.4, -0.2) is 12.4 Å². The van der Waals surface area contributed by atoms with Gasteiger partial charge in [0, 0.05) is 12.5 Å². The molecule has 0 heterocycles. The maximum Gasteiger partial charge on any atom is 0.0968 e. The summed E-state index contributed by atoms with van der Waals surface area (Å²) in [5, 5.41) is 0. The maximum atomic E-state index is 5.85. The summed E-state index contributed by atoms with van der Waals surface area (Å²) in [7, 11) is 0. The first-order valence-electron chi connectivity index (χ1n) is 6.12. The second-order valence-electron chi connectivity index (χ2n) is 4.68. The Morgan fingerprint density at radius 3 is 2.69 bits per heavy atom. The SMILES string of the molecule is CC(CCN=C(N)C1CC1)c1ccccc1. The van der Waals surface area contributed by atoms with Gasteiger partial charge in [0.15, 0.2) is 0 Å². The first-order chi connectivity index (χ1) is 7.77. The van der Waals surface area contributed by atoms with E-state index in [0.717, 1.165) is 18.8 Å². The van der Waals surface area contributed by atoms with Gasteiger partial charge in [-0.25, -0.2) is 0 Å². The fraction of sp³-hybridized carbons (Fsp3) is 0.500. The Morgan fingerprint density at radius 1 is 1.38 bits per heavy atom. The van der Waals surface area contributed by atoms with Crippen LogP contribution in [0.25, 0.3) is 0 Å². The molecule has 2 rings (SSSR count). The van der Waals surface area contributed by atoms with Gasteiger partial charge >= 0.3 is 0 Å². The van der Waals surface area contributed by atoms with E-state index in [4.69, 9.17) is 5.73 Å². The van der Waals surface area contributed by atoms with Crippen molar-refractivity contribution in [3.8, 4) is 0 Å². The summed E-state index contributed by atoms with van der Waals surface area (Å²) in [5.74, 6) is 2.05. The summed E-state index contributed by atoms with van der Waals surface area (Å²) in [6.45, 7) is 3.11. The molecule has 1 aliphatic carbocycles. The van der Waals surface area contributed by atoms with Crippen LogP contribution in [0.3, 0.4) is 0 Å². The quantitative estimate of drug-likeness (QED) is 0.596. The second kappa shape index (κ2) is 5.15. The Labute approximate surface area is 97.6 Å². The van der Waals surface area contributed by atoms with Gasteiger partial charge in [-0.1, -0.05) is 37.3 Å². The molecule has 86 valence electrons. The highest BCUT2D eigenvalue weighted by Gasteiger charge is 2.25. The molecule has 0 saturated heterocycles. The van der Waals surface area contributed by atoms with E-state index < -0.39 is 0 Å². The minimum Gasteiger partial charge on any atom is -0.387 e. The summed E-state index contributed by atoms with van der Waals surface area (Å²) < 4.78 is 0. The average Bonchev–Trinajstić information content (AvgIpc) is 3.14. The van der Waals surface area contributed by atoms with Gasteiger partial charge in [-0.05, 0) is 30.7 Å². The van der Waals surface area contributed by atoms with Crippen molar-refractivity contribution in [3.05, 3.63) is 35.9 Å². The van der Waals surface area contributed by atoms with E-state index in [0.29, 0.717) is 11.8 Å². The Kier molecular flexibility index (Phi) is 3.60. The number of benzene rings is 1. The zero-order valence-corrected chi connectivity index (χ0v) is 9.89. The molecule has 0 aromatic heterocycles. The standard InChI is InChI=1S/C14H20N2/c1-11(12-5-3-2-4-6-12)9-10-16-14(15)13-7-8-13/h2-6,11,13H,7-10H2,1H3,(H2,15,16). The van der Waals surface area contributed by atoms with Crippen LogP contribution in [-0.2, 0) is 0 Å². The Hall–Kier alpha value is -1.31. The molecule has 1 fully saturated rings. The fourth-order valence-corrected chi connectivity index (χ4v) is 1.84. The van der Waals surface area contributed by atoms with E-state index in [1.54, 1.807) is 0 Å². The third kappa shape index (κ3) is 3.09. The van der Waals surface area contributed by atoms with E-state index in [1.807, 2.05) is 0 Å². The molecule has 1 aromatic rings. The molecule has 1 atom stereocenters. The summed E-state index contributed by atoms with van der Waals surface area (Å²) in [6.07, 6.45) is 3.56. The average molecular weight is 216 g/mol. The predicted octanol–water partition coefficient (Wildman–Crippen LogP) is 2.95. The lowest BCUT2D eigenvalue weighted by atomic mass is 9.98. The number of nitrogens with zero attached hydrogens (tertiary/aromatic N) is 1.